The van der Waals surface area contributed by atoms with E-state index in [1.807, 2.05) is 0 Å². The molecule has 0 aliphatic rings. The summed E-state index contributed by atoms with van der Waals surface area (Å²) in [5.74, 6) is -5.80. The van der Waals surface area contributed by atoms with Gasteiger partial charge in [0.25, 0.3) is 5.76 Å². The van der Waals surface area contributed by atoms with E-state index in [0.29, 0.717) is 0 Å². The Morgan fingerprint density at radius 1 is 1.55 bits per heavy atom. The first-order valence-electron chi connectivity index (χ1n) is 5.91. The van der Waals surface area contributed by atoms with Gasteiger partial charge in [0.1, 0.15) is 10.9 Å². The Kier molecular flexibility index (Phi) is 6.59. The Morgan fingerprint density at radius 2 is 2.23 bits per heavy atom. The van der Waals surface area contributed by atoms with E-state index in [-0.39, 0.29) is 28.1 Å². The monoisotopic (exact) mass is 327 g/mol. The number of esters is 1. The number of nitriles is 1. The molecule has 116 valence electrons. The van der Waals surface area contributed by atoms with Gasteiger partial charge in [-0.2, -0.15) is 14.0 Å². The quantitative estimate of drug-likeness (QED) is 0.468. The molecule has 6 nitrogen and oxygen atoms in total. The first kappa shape index (κ1) is 17.7. The molecule has 0 saturated heterocycles. The number of carbonyl (C=O) groups is 2. The zero-order valence-corrected chi connectivity index (χ0v) is 12.2. The number of thioether (sulfide) groups is 1. The highest BCUT2D eigenvalue weighted by Gasteiger charge is 2.23. The third-order valence-corrected chi connectivity index (χ3v) is 3.15. The molecule has 1 atom stereocenters. The first-order valence-corrected chi connectivity index (χ1v) is 6.79. The van der Waals surface area contributed by atoms with Crippen LogP contribution >= 0.6 is 11.8 Å². The molecule has 0 bridgehead atoms. The van der Waals surface area contributed by atoms with Crippen LogP contribution < -0.4 is 0 Å². The standard InChI is InChI=1S/C13H11F2N3O3S/c1-7(17)9(5-16)10(19)6-21-12(20)8-3-2-4-18-11(8)22-13(14)15/h2-4,9,13,17H,6H2,1H3. The van der Waals surface area contributed by atoms with Crippen LogP contribution in [0.15, 0.2) is 23.4 Å². The summed E-state index contributed by atoms with van der Waals surface area (Å²) < 4.78 is 29.5. The second-order valence-corrected chi connectivity index (χ2v) is 5.00. The summed E-state index contributed by atoms with van der Waals surface area (Å²) in [6.45, 7) is 0.563. The maximum atomic E-state index is 12.4. The van der Waals surface area contributed by atoms with Crippen LogP contribution in [0.3, 0.4) is 0 Å². The maximum Gasteiger partial charge on any atom is 0.341 e. The number of nitrogens with zero attached hydrogens (tertiary/aromatic N) is 2. The van der Waals surface area contributed by atoms with E-state index in [0.717, 1.165) is 0 Å². The molecule has 1 unspecified atom stereocenters. The van der Waals surface area contributed by atoms with Gasteiger partial charge in [0.15, 0.2) is 12.4 Å². The Balaban J connectivity index is 2.77. The van der Waals surface area contributed by atoms with Gasteiger partial charge < -0.3 is 10.1 Å². The fourth-order valence-electron chi connectivity index (χ4n) is 1.43. The van der Waals surface area contributed by atoms with Crippen LogP contribution in [0.4, 0.5) is 8.78 Å². The molecule has 0 spiro atoms. The van der Waals surface area contributed by atoms with Crippen LogP contribution in [0.5, 0.6) is 0 Å². The molecule has 0 aliphatic carbocycles. The van der Waals surface area contributed by atoms with Crippen LogP contribution in [0, 0.1) is 22.7 Å². The van der Waals surface area contributed by atoms with Crippen molar-refractivity contribution in [3.63, 3.8) is 0 Å². The number of alkyl halides is 2. The molecule has 1 N–H and O–H groups in total. The predicted octanol–water partition coefficient (Wildman–Crippen LogP) is 2.30. The van der Waals surface area contributed by atoms with Crippen LogP contribution in [0.2, 0.25) is 0 Å². The van der Waals surface area contributed by atoms with Crippen LogP contribution in [0.25, 0.3) is 0 Å². The maximum absolute atomic E-state index is 12.4. The van der Waals surface area contributed by atoms with Gasteiger partial charge in [-0.3, -0.25) is 4.79 Å². The lowest BCUT2D eigenvalue weighted by atomic mass is 10.0. The number of ketones is 1. The number of ether oxygens (including phenoxy) is 1. The molecule has 1 rings (SSSR count). The van der Waals surface area contributed by atoms with Crippen molar-refractivity contribution in [1.29, 1.82) is 10.7 Å². The number of aromatic nitrogens is 1. The molecule has 0 fully saturated rings. The number of hydrogen-bond acceptors (Lipinski definition) is 7. The molecule has 0 amide bonds. The fraction of sp³-hybridized carbons (Fsp3) is 0.308. The van der Waals surface area contributed by atoms with Gasteiger partial charge in [-0.05, 0) is 30.8 Å². The summed E-state index contributed by atoms with van der Waals surface area (Å²) in [7, 11) is 0. The van der Waals surface area contributed by atoms with Crippen LogP contribution in [-0.4, -0.2) is 34.8 Å². The molecule has 0 aromatic carbocycles. The van der Waals surface area contributed by atoms with E-state index in [2.05, 4.69) is 4.98 Å². The van der Waals surface area contributed by atoms with E-state index < -0.39 is 30.0 Å². The highest BCUT2D eigenvalue weighted by Crippen LogP contribution is 2.26. The molecule has 9 heteroatoms. The van der Waals surface area contributed by atoms with Crippen molar-refractivity contribution in [1.82, 2.24) is 4.98 Å². The molecule has 22 heavy (non-hydrogen) atoms. The van der Waals surface area contributed by atoms with Crippen molar-refractivity contribution in [3.05, 3.63) is 23.9 Å². The summed E-state index contributed by atoms with van der Waals surface area (Å²) in [4.78, 5) is 27.1. The smallest absolute Gasteiger partial charge is 0.341 e. The highest BCUT2D eigenvalue weighted by molar-refractivity contribution is 7.99. The van der Waals surface area contributed by atoms with E-state index in [4.69, 9.17) is 15.4 Å². The van der Waals surface area contributed by atoms with Crippen molar-refractivity contribution in [2.75, 3.05) is 6.61 Å². The summed E-state index contributed by atoms with van der Waals surface area (Å²) in [5, 5.41) is 15.8. The first-order chi connectivity index (χ1) is 10.4. The Bertz CT molecular complexity index is 631. The zero-order valence-electron chi connectivity index (χ0n) is 11.4. The van der Waals surface area contributed by atoms with Crippen molar-refractivity contribution in [3.8, 4) is 6.07 Å². The van der Waals surface area contributed by atoms with E-state index in [9.17, 15) is 18.4 Å². The molecule has 1 aromatic heterocycles. The topological polar surface area (TPSA) is 104 Å². The van der Waals surface area contributed by atoms with Crippen LogP contribution in [-0.2, 0) is 9.53 Å². The van der Waals surface area contributed by atoms with Crippen molar-refractivity contribution < 1.29 is 23.1 Å². The van der Waals surface area contributed by atoms with Gasteiger partial charge in [0.05, 0.1) is 11.6 Å². The molecular formula is C13H11F2N3O3S. The SMILES string of the molecule is CC(=N)C(C#N)C(=O)COC(=O)c1cccnc1SC(F)F. The van der Waals surface area contributed by atoms with Gasteiger partial charge in [0, 0.05) is 11.9 Å². The Labute approximate surface area is 129 Å². The van der Waals surface area contributed by atoms with Gasteiger partial charge >= 0.3 is 5.97 Å². The minimum absolute atomic E-state index is 0.0867. The molecule has 0 aliphatic heterocycles. The number of Topliss-reactive ketones (excluding diaryl/α,β-unsaturated/α-hetero) is 1. The summed E-state index contributed by atoms with van der Waals surface area (Å²) in [5.41, 5.74) is -0.362. The second-order valence-electron chi connectivity index (χ2n) is 4.02. The summed E-state index contributed by atoms with van der Waals surface area (Å²) in [6.07, 6.45) is 1.25. The number of halogens is 2. The van der Waals surface area contributed by atoms with E-state index in [1.165, 1.54) is 25.3 Å². The second kappa shape index (κ2) is 8.19. The van der Waals surface area contributed by atoms with Crippen LogP contribution in [0.1, 0.15) is 17.3 Å². The summed E-state index contributed by atoms with van der Waals surface area (Å²) in [6, 6.07) is 4.23. The molecule has 1 aromatic rings. The van der Waals surface area contributed by atoms with Gasteiger partial charge in [-0.25, -0.2) is 9.78 Å². The fourth-order valence-corrected chi connectivity index (χ4v) is 2.00. The zero-order chi connectivity index (χ0) is 16.7. The van der Waals surface area contributed by atoms with Gasteiger partial charge in [-0.15, -0.1) is 0 Å². The number of nitrogens with one attached hydrogen (secondary N) is 1. The largest absolute Gasteiger partial charge is 0.454 e. The number of hydrogen-bond donors (Lipinski definition) is 1. The lowest BCUT2D eigenvalue weighted by molar-refractivity contribution is -0.122. The molecule has 0 radical (unpaired) electrons. The third-order valence-electron chi connectivity index (χ3n) is 2.42. The number of carbonyl (C=O) groups excluding carboxylic acids is 2. The van der Waals surface area contributed by atoms with Crippen molar-refractivity contribution in [2.45, 2.75) is 17.7 Å². The minimum Gasteiger partial charge on any atom is -0.454 e. The average Bonchev–Trinajstić information content (AvgIpc) is 2.45. The summed E-state index contributed by atoms with van der Waals surface area (Å²) >= 11 is 0.0867. The lowest BCUT2D eigenvalue weighted by Gasteiger charge is -2.09. The number of pyridine rings is 1. The van der Waals surface area contributed by atoms with E-state index >= 15 is 0 Å². The lowest BCUT2D eigenvalue weighted by Crippen LogP contribution is -2.25. The molecule has 1 heterocycles. The normalized spacial score (nSPS) is 11.6. The highest BCUT2D eigenvalue weighted by atomic mass is 32.2. The van der Waals surface area contributed by atoms with Crippen molar-refractivity contribution in [2.24, 2.45) is 5.92 Å². The van der Waals surface area contributed by atoms with Crippen molar-refractivity contribution >= 4 is 29.2 Å². The Morgan fingerprint density at radius 3 is 2.77 bits per heavy atom. The number of rotatable bonds is 7. The third kappa shape index (κ3) is 4.89. The Hall–Kier alpha value is -2.34. The predicted molar refractivity (Wildman–Crippen MR) is 73.9 cm³/mol. The molecular weight excluding hydrogens is 316 g/mol. The average molecular weight is 327 g/mol. The minimum atomic E-state index is -2.76. The van der Waals surface area contributed by atoms with Gasteiger partial charge in [0.2, 0.25) is 0 Å². The van der Waals surface area contributed by atoms with Gasteiger partial charge in [-0.1, -0.05) is 0 Å². The molecule has 0 saturated carbocycles. The van der Waals surface area contributed by atoms with E-state index in [1.54, 1.807) is 6.07 Å².